The smallest absolute Gasteiger partial charge is 0.313 e. The minimum Gasteiger partial charge on any atom is -0.403 e. The molecule has 0 spiro atoms. The van der Waals surface area contributed by atoms with Gasteiger partial charge in [-0.3, -0.25) is 0 Å². The van der Waals surface area contributed by atoms with Gasteiger partial charge in [-0.2, -0.15) is 0 Å². The van der Waals surface area contributed by atoms with Crippen molar-refractivity contribution in [2.24, 2.45) is 0 Å². The van der Waals surface area contributed by atoms with Gasteiger partial charge < -0.3 is 10.2 Å². The predicted octanol–water partition coefficient (Wildman–Crippen LogP) is 1.77. The van der Waals surface area contributed by atoms with Crippen molar-refractivity contribution in [3.05, 3.63) is 29.6 Å². The van der Waals surface area contributed by atoms with Crippen molar-refractivity contribution in [2.45, 2.75) is 6.92 Å². The Morgan fingerprint density at radius 3 is 2.79 bits per heavy atom. The molecule has 0 saturated heterocycles. The molecular formula is C9H8FN3O. The molecule has 0 bridgehead atoms. The number of nitrogen functional groups attached to an aromatic ring is 1. The van der Waals surface area contributed by atoms with E-state index in [1.807, 2.05) is 0 Å². The van der Waals surface area contributed by atoms with E-state index < -0.39 is 0 Å². The van der Waals surface area contributed by atoms with E-state index in [1.165, 1.54) is 0 Å². The summed E-state index contributed by atoms with van der Waals surface area (Å²) in [7, 11) is 0. The van der Waals surface area contributed by atoms with Crippen molar-refractivity contribution in [2.75, 3.05) is 5.73 Å². The van der Waals surface area contributed by atoms with Gasteiger partial charge in [0.2, 0.25) is 0 Å². The Kier molecular flexibility index (Phi) is 1.92. The van der Waals surface area contributed by atoms with Crippen LogP contribution in [0.3, 0.4) is 0 Å². The van der Waals surface area contributed by atoms with Crippen LogP contribution in [0, 0.1) is 12.7 Å². The molecular weight excluding hydrogens is 185 g/mol. The Morgan fingerprint density at radius 2 is 2.14 bits per heavy atom. The van der Waals surface area contributed by atoms with E-state index in [9.17, 15) is 4.39 Å². The topological polar surface area (TPSA) is 64.9 Å². The molecule has 0 aliphatic heterocycles. The molecule has 1 aromatic heterocycles. The minimum absolute atomic E-state index is 0.0686. The molecule has 2 rings (SSSR count). The van der Waals surface area contributed by atoms with Gasteiger partial charge in [0.1, 0.15) is 5.82 Å². The molecule has 0 aliphatic carbocycles. The van der Waals surface area contributed by atoms with Crippen LogP contribution < -0.4 is 5.73 Å². The monoisotopic (exact) mass is 193 g/mol. The summed E-state index contributed by atoms with van der Waals surface area (Å²) in [5, 5.41) is 7.06. The van der Waals surface area contributed by atoms with Crippen LogP contribution in [0.5, 0.6) is 0 Å². The van der Waals surface area contributed by atoms with E-state index in [2.05, 4.69) is 10.2 Å². The molecule has 72 valence electrons. The second-order valence-electron chi connectivity index (χ2n) is 2.88. The molecule has 0 radical (unpaired) electrons. The van der Waals surface area contributed by atoms with Crippen LogP contribution in [0.4, 0.5) is 10.4 Å². The first-order valence-electron chi connectivity index (χ1n) is 4.03. The van der Waals surface area contributed by atoms with Gasteiger partial charge in [0.25, 0.3) is 5.89 Å². The Hall–Kier alpha value is -1.91. The number of aromatic nitrogens is 2. The Bertz CT molecular complexity index is 467. The van der Waals surface area contributed by atoms with Gasteiger partial charge in [-0.1, -0.05) is 17.2 Å². The number of rotatable bonds is 1. The second kappa shape index (κ2) is 3.10. The molecule has 5 heteroatoms. The first-order valence-corrected chi connectivity index (χ1v) is 4.03. The lowest BCUT2D eigenvalue weighted by atomic mass is 10.1. The summed E-state index contributed by atoms with van der Waals surface area (Å²) in [6.07, 6.45) is 0. The van der Waals surface area contributed by atoms with E-state index in [4.69, 9.17) is 10.2 Å². The molecule has 0 unspecified atom stereocenters. The molecule has 1 aromatic carbocycles. The third kappa shape index (κ3) is 1.32. The van der Waals surface area contributed by atoms with Crippen molar-refractivity contribution in [3.63, 3.8) is 0 Å². The number of nitrogens with zero attached hydrogens (tertiary/aromatic N) is 2. The average Bonchev–Trinajstić information content (AvgIpc) is 2.57. The van der Waals surface area contributed by atoms with Gasteiger partial charge >= 0.3 is 6.01 Å². The maximum absolute atomic E-state index is 13.5. The molecule has 0 amide bonds. The zero-order valence-electron chi connectivity index (χ0n) is 7.49. The Balaban J connectivity index is 2.57. The lowest BCUT2D eigenvalue weighted by Gasteiger charge is -1.99. The van der Waals surface area contributed by atoms with E-state index in [1.54, 1.807) is 25.1 Å². The standard InChI is InChI=1S/C9H8FN3O/c1-5-3-2-4-6(7(5)10)8-12-13-9(11)14-8/h2-4H,1H3,(H2,11,13). The molecule has 14 heavy (non-hydrogen) atoms. The molecule has 0 atom stereocenters. The highest BCUT2D eigenvalue weighted by molar-refractivity contribution is 5.55. The highest BCUT2D eigenvalue weighted by atomic mass is 19.1. The summed E-state index contributed by atoms with van der Waals surface area (Å²) in [6, 6.07) is 4.88. The molecule has 2 N–H and O–H groups in total. The van der Waals surface area contributed by atoms with Gasteiger partial charge in [0.05, 0.1) is 5.56 Å². The van der Waals surface area contributed by atoms with Gasteiger partial charge in [0, 0.05) is 0 Å². The third-order valence-electron chi connectivity index (χ3n) is 1.86. The SMILES string of the molecule is Cc1cccc(-c2nnc(N)o2)c1F. The minimum atomic E-state index is -0.365. The van der Waals surface area contributed by atoms with Crippen LogP contribution in [0.2, 0.25) is 0 Å². The third-order valence-corrected chi connectivity index (χ3v) is 1.86. The first kappa shape index (κ1) is 8.68. The van der Waals surface area contributed by atoms with Crippen LogP contribution >= 0.6 is 0 Å². The summed E-state index contributed by atoms with van der Waals surface area (Å²) in [5.74, 6) is -0.264. The van der Waals surface area contributed by atoms with Crippen molar-refractivity contribution >= 4 is 6.01 Å². The van der Waals surface area contributed by atoms with Crippen LogP contribution in [0.25, 0.3) is 11.5 Å². The fourth-order valence-electron chi connectivity index (χ4n) is 1.16. The lowest BCUT2D eigenvalue weighted by molar-refractivity contribution is 0.572. The lowest BCUT2D eigenvalue weighted by Crippen LogP contribution is -1.87. The quantitative estimate of drug-likeness (QED) is 0.749. The molecule has 0 saturated carbocycles. The zero-order chi connectivity index (χ0) is 10.1. The van der Waals surface area contributed by atoms with E-state index in [0.29, 0.717) is 5.56 Å². The van der Waals surface area contributed by atoms with Crippen LogP contribution in [0.15, 0.2) is 22.6 Å². The van der Waals surface area contributed by atoms with Gasteiger partial charge in [-0.05, 0) is 18.6 Å². The maximum Gasteiger partial charge on any atom is 0.313 e. The van der Waals surface area contributed by atoms with Crippen LogP contribution in [-0.2, 0) is 0 Å². The van der Waals surface area contributed by atoms with E-state index in [-0.39, 0.29) is 23.3 Å². The van der Waals surface area contributed by atoms with Crippen LogP contribution in [0.1, 0.15) is 5.56 Å². The van der Waals surface area contributed by atoms with E-state index >= 15 is 0 Å². The number of benzene rings is 1. The van der Waals surface area contributed by atoms with Gasteiger partial charge in [-0.25, -0.2) is 4.39 Å². The second-order valence-corrected chi connectivity index (χ2v) is 2.88. The highest BCUT2D eigenvalue weighted by Crippen LogP contribution is 2.23. The largest absolute Gasteiger partial charge is 0.403 e. The van der Waals surface area contributed by atoms with Crippen molar-refractivity contribution in [1.82, 2.24) is 10.2 Å². The summed E-state index contributed by atoms with van der Waals surface area (Å²) in [4.78, 5) is 0. The van der Waals surface area contributed by atoms with Crippen LogP contribution in [-0.4, -0.2) is 10.2 Å². The van der Waals surface area contributed by atoms with Crippen molar-refractivity contribution in [1.29, 1.82) is 0 Å². The number of hydrogen-bond acceptors (Lipinski definition) is 4. The first-order chi connectivity index (χ1) is 6.68. The maximum atomic E-state index is 13.5. The Labute approximate surface area is 79.6 Å². The number of nitrogens with two attached hydrogens (primary N) is 1. The summed E-state index contributed by atoms with van der Waals surface area (Å²) in [5.41, 5.74) is 6.04. The van der Waals surface area contributed by atoms with Crippen molar-refractivity contribution < 1.29 is 8.81 Å². The summed E-state index contributed by atoms with van der Waals surface area (Å²) in [6.45, 7) is 1.67. The zero-order valence-corrected chi connectivity index (χ0v) is 7.49. The van der Waals surface area contributed by atoms with Gasteiger partial charge in [0.15, 0.2) is 0 Å². The average molecular weight is 193 g/mol. The fourth-order valence-corrected chi connectivity index (χ4v) is 1.16. The molecule has 4 nitrogen and oxygen atoms in total. The number of hydrogen-bond donors (Lipinski definition) is 1. The fraction of sp³-hybridized carbons (Fsp3) is 0.111. The molecule has 1 heterocycles. The summed E-state index contributed by atoms with van der Waals surface area (Å²) < 4.78 is 18.4. The Morgan fingerprint density at radius 1 is 1.36 bits per heavy atom. The predicted molar refractivity (Wildman–Crippen MR) is 48.8 cm³/mol. The molecule has 0 aliphatic rings. The number of halogens is 1. The summed E-state index contributed by atoms with van der Waals surface area (Å²) >= 11 is 0. The van der Waals surface area contributed by atoms with Crippen molar-refractivity contribution in [3.8, 4) is 11.5 Å². The van der Waals surface area contributed by atoms with Gasteiger partial charge in [-0.15, -0.1) is 5.10 Å². The number of aryl methyl sites for hydroxylation is 1. The number of anilines is 1. The molecule has 2 aromatic rings. The highest BCUT2D eigenvalue weighted by Gasteiger charge is 2.12. The van der Waals surface area contributed by atoms with E-state index in [0.717, 1.165) is 0 Å². The molecule has 0 fully saturated rings. The normalized spacial score (nSPS) is 10.4.